The van der Waals surface area contributed by atoms with Gasteiger partial charge < -0.3 is 9.53 Å². The molecule has 0 radical (unpaired) electrons. The Hall–Kier alpha value is -1.71. The molecule has 0 aliphatic rings. The van der Waals surface area contributed by atoms with Gasteiger partial charge in [-0.3, -0.25) is 4.79 Å². The molecular formula is C13H18O4. The first-order chi connectivity index (χ1) is 8.20. The fourth-order valence-corrected chi connectivity index (χ4v) is 1.10. The Bertz CT molecular complexity index is 303. The summed E-state index contributed by atoms with van der Waals surface area (Å²) in [5, 5.41) is 0. The SMILES string of the molecule is COC(=O)/C=C/CC/C=C/C(=O)CCCC=O. The van der Waals surface area contributed by atoms with E-state index >= 15 is 0 Å². The molecule has 0 bridgehead atoms. The second-order valence-corrected chi connectivity index (χ2v) is 3.43. The molecular weight excluding hydrogens is 220 g/mol. The Morgan fingerprint density at radius 3 is 2.29 bits per heavy atom. The van der Waals surface area contributed by atoms with Crippen molar-refractivity contribution in [1.29, 1.82) is 0 Å². The zero-order valence-electron chi connectivity index (χ0n) is 10.1. The second kappa shape index (κ2) is 10.8. The molecule has 0 rings (SSSR count). The van der Waals surface area contributed by atoms with Gasteiger partial charge in [0.2, 0.25) is 0 Å². The quantitative estimate of drug-likeness (QED) is 0.267. The number of unbranched alkanes of at least 4 members (excludes halogenated alkanes) is 2. The normalized spacial score (nSPS) is 10.9. The molecule has 0 amide bonds. The third-order valence-electron chi connectivity index (χ3n) is 2.00. The highest BCUT2D eigenvalue weighted by Gasteiger charge is 1.95. The first kappa shape index (κ1) is 15.3. The summed E-state index contributed by atoms with van der Waals surface area (Å²) in [6.45, 7) is 0. The van der Waals surface area contributed by atoms with Crippen LogP contribution in [-0.4, -0.2) is 25.1 Å². The lowest BCUT2D eigenvalue weighted by atomic mass is 10.1. The largest absolute Gasteiger partial charge is 0.466 e. The summed E-state index contributed by atoms with van der Waals surface area (Å²) in [6.07, 6.45) is 10.0. The summed E-state index contributed by atoms with van der Waals surface area (Å²) in [5.41, 5.74) is 0. The van der Waals surface area contributed by atoms with E-state index in [1.165, 1.54) is 19.3 Å². The van der Waals surface area contributed by atoms with Crippen molar-refractivity contribution in [1.82, 2.24) is 0 Å². The molecule has 4 nitrogen and oxygen atoms in total. The predicted octanol–water partition coefficient (Wildman–Crippen LogP) is 1.99. The maximum Gasteiger partial charge on any atom is 0.330 e. The first-order valence-corrected chi connectivity index (χ1v) is 5.58. The van der Waals surface area contributed by atoms with Gasteiger partial charge in [-0.2, -0.15) is 0 Å². The summed E-state index contributed by atoms with van der Waals surface area (Å²) in [4.78, 5) is 31.9. The van der Waals surface area contributed by atoms with Crippen molar-refractivity contribution in [3.63, 3.8) is 0 Å². The number of ether oxygens (including phenoxy) is 1. The number of methoxy groups -OCH3 is 1. The molecule has 0 aromatic rings. The molecule has 0 unspecified atom stereocenters. The topological polar surface area (TPSA) is 60.4 Å². The lowest BCUT2D eigenvalue weighted by Crippen LogP contribution is -1.93. The number of hydrogen-bond acceptors (Lipinski definition) is 4. The third-order valence-corrected chi connectivity index (χ3v) is 2.00. The van der Waals surface area contributed by atoms with Gasteiger partial charge >= 0.3 is 5.97 Å². The molecule has 4 heteroatoms. The van der Waals surface area contributed by atoms with Gasteiger partial charge in [-0.15, -0.1) is 0 Å². The molecule has 0 aliphatic heterocycles. The number of aldehydes is 1. The van der Waals surface area contributed by atoms with Crippen LogP contribution in [0, 0.1) is 0 Å². The van der Waals surface area contributed by atoms with Gasteiger partial charge in [0.05, 0.1) is 7.11 Å². The minimum absolute atomic E-state index is 0.0313. The zero-order chi connectivity index (χ0) is 12.9. The number of rotatable bonds is 9. The van der Waals surface area contributed by atoms with Crippen molar-refractivity contribution < 1.29 is 19.1 Å². The molecule has 0 spiro atoms. The molecule has 94 valence electrons. The Labute approximate surface area is 101 Å². The van der Waals surface area contributed by atoms with Crippen LogP contribution in [0.2, 0.25) is 0 Å². The maximum absolute atomic E-state index is 11.2. The number of carbonyl (C=O) groups excluding carboxylic acids is 3. The molecule has 0 fully saturated rings. The summed E-state index contributed by atoms with van der Waals surface area (Å²) in [7, 11) is 1.32. The van der Waals surface area contributed by atoms with Crippen molar-refractivity contribution in [2.45, 2.75) is 32.1 Å². The van der Waals surface area contributed by atoms with E-state index in [4.69, 9.17) is 0 Å². The summed E-state index contributed by atoms with van der Waals surface area (Å²) in [5.74, 6) is -0.345. The Morgan fingerprint density at radius 1 is 1.06 bits per heavy atom. The Balaban J connectivity index is 3.59. The van der Waals surface area contributed by atoms with Crippen LogP contribution >= 0.6 is 0 Å². The standard InChI is InChI=1S/C13H18O4/c1-17-13(16)10-5-3-2-4-8-12(15)9-6-7-11-14/h4-5,8,10-11H,2-3,6-7,9H2,1H3/b8-4+,10-5+. The fourth-order valence-electron chi connectivity index (χ4n) is 1.10. The molecule has 0 aliphatic carbocycles. The average molecular weight is 238 g/mol. The predicted molar refractivity (Wildman–Crippen MR) is 64.5 cm³/mol. The molecule has 0 aromatic heterocycles. The molecule has 0 N–H and O–H groups in total. The van der Waals surface area contributed by atoms with E-state index in [2.05, 4.69) is 4.74 Å². The molecule has 0 heterocycles. The van der Waals surface area contributed by atoms with Crippen LogP contribution in [0.4, 0.5) is 0 Å². The second-order valence-electron chi connectivity index (χ2n) is 3.43. The third kappa shape index (κ3) is 10.6. The molecule has 17 heavy (non-hydrogen) atoms. The van der Waals surface area contributed by atoms with Crippen molar-refractivity contribution in [2.75, 3.05) is 7.11 Å². The van der Waals surface area contributed by atoms with Crippen molar-refractivity contribution in [3.8, 4) is 0 Å². The van der Waals surface area contributed by atoms with Gasteiger partial charge in [0.1, 0.15) is 6.29 Å². The maximum atomic E-state index is 11.2. The van der Waals surface area contributed by atoms with Gasteiger partial charge in [-0.25, -0.2) is 4.79 Å². The highest BCUT2D eigenvalue weighted by molar-refractivity contribution is 5.89. The highest BCUT2D eigenvalue weighted by atomic mass is 16.5. The van der Waals surface area contributed by atoms with Crippen molar-refractivity contribution in [2.24, 2.45) is 0 Å². The number of allylic oxidation sites excluding steroid dienone is 3. The van der Waals surface area contributed by atoms with Crippen molar-refractivity contribution in [3.05, 3.63) is 24.3 Å². The van der Waals surface area contributed by atoms with E-state index in [0.717, 1.165) is 6.29 Å². The van der Waals surface area contributed by atoms with Gasteiger partial charge in [0.15, 0.2) is 5.78 Å². The fraction of sp³-hybridized carbons (Fsp3) is 0.462. The minimum atomic E-state index is -0.376. The minimum Gasteiger partial charge on any atom is -0.466 e. The number of hydrogen-bond donors (Lipinski definition) is 0. The number of carbonyl (C=O) groups is 3. The summed E-state index contributed by atoms with van der Waals surface area (Å²) < 4.78 is 4.42. The summed E-state index contributed by atoms with van der Waals surface area (Å²) in [6, 6.07) is 0. The van der Waals surface area contributed by atoms with E-state index in [0.29, 0.717) is 32.1 Å². The summed E-state index contributed by atoms with van der Waals surface area (Å²) >= 11 is 0. The van der Waals surface area contributed by atoms with Crippen molar-refractivity contribution >= 4 is 18.0 Å². The smallest absolute Gasteiger partial charge is 0.330 e. The van der Waals surface area contributed by atoms with E-state index < -0.39 is 0 Å². The number of ketones is 1. The van der Waals surface area contributed by atoms with Crippen LogP contribution in [0.3, 0.4) is 0 Å². The molecule has 0 saturated carbocycles. The van der Waals surface area contributed by atoms with Crippen LogP contribution in [-0.2, 0) is 19.1 Å². The molecule has 0 aromatic carbocycles. The number of esters is 1. The van der Waals surface area contributed by atoms with E-state index in [1.54, 1.807) is 12.2 Å². The van der Waals surface area contributed by atoms with Gasteiger partial charge in [-0.05, 0) is 25.3 Å². The monoisotopic (exact) mass is 238 g/mol. The Kier molecular flexibility index (Phi) is 9.71. The zero-order valence-corrected chi connectivity index (χ0v) is 10.1. The lowest BCUT2D eigenvalue weighted by Gasteiger charge is -1.91. The van der Waals surface area contributed by atoms with Crippen LogP contribution < -0.4 is 0 Å². The highest BCUT2D eigenvalue weighted by Crippen LogP contribution is 1.98. The Morgan fingerprint density at radius 2 is 1.71 bits per heavy atom. The first-order valence-electron chi connectivity index (χ1n) is 5.58. The van der Waals surface area contributed by atoms with Crippen LogP contribution in [0.1, 0.15) is 32.1 Å². The van der Waals surface area contributed by atoms with Gasteiger partial charge in [-0.1, -0.05) is 12.2 Å². The molecule has 0 saturated heterocycles. The molecule has 0 atom stereocenters. The van der Waals surface area contributed by atoms with Crippen LogP contribution in [0.15, 0.2) is 24.3 Å². The van der Waals surface area contributed by atoms with E-state index in [-0.39, 0.29) is 11.8 Å². The van der Waals surface area contributed by atoms with Gasteiger partial charge in [0.25, 0.3) is 0 Å². The van der Waals surface area contributed by atoms with E-state index in [9.17, 15) is 14.4 Å². The van der Waals surface area contributed by atoms with Crippen LogP contribution in [0.5, 0.6) is 0 Å². The lowest BCUT2D eigenvalue weighted by molar-refractivity contribution is -0.134. The average Bonchev–Trinajstić information content (AvgIpc) is 2.33. The van der Waals surface area contributed by atoms with Crippen LogP contribution in [0.25, 0.3) is 0 Å². The van der Waals surface area contributed by atoms with E-state index in [1.807, 2.05) is 0 Å². The van der Waals surface area contributed by atoms with Gasteiger partial charge in [0, 0.05) is 18.9 Å².